The standard InChI is InChI=1S/C16H26N2O/c1-14(9-11-19)17-16-8-5-10-18(13-16)12-15-6-3-2-4-7-15/h2-4,6-7,14,16-17,19H,5,8-13H2,1H3. The first-order valence-electron chi connectivity index (χ1n) is 7.41. The van der Waals surface area contributed by atoms with Crippen LogP contribution in [0, 0.1) is 0 Å². The number of aliphatic hydroxyl groups excluding tert-OH is 1. The van der Waals surface area contributed by atoms with Gasteiger partial charge < -0.3 is 10.4 Å². The van der Waals surface area contributed by atoms with Crippen LogP contribution in [0.1, 0.15) is 31.7 Å². The van der Waals surface area contributed by atoms with Gasteiger partial charge in [-0.2, -0.15) is 0 Å². The van der Waals surface area contributed by atoms with E-state index in [1.807, 2.05) is 0 Å². The van der Waals surface area contributed by atoms with Crippen LogP contribution < -0.4 is 5.32 Å². The number of hydrogen-bond donors (Lipinski definition) is 2. The van der Waals surface area contributed by atoms with Crippen molar-refractivity contribution in [2.75, 3.05) is 19.7 Å². The third-order valence-corrected chi connectivity index (χ3v) is 3.84. The van der Waals surface area contributed by atoms with Gasteiger partial charge in [-0.15, -0.1) is 0 Å². The predicted octanol–water partition coefficient (Wildman–Crippen LogP) is 2.01. The Labute approximate surface area is 116 Å². The minimum atomic E-state index is 0.272. The van der Waals surface area contributed by atoms with Crippen LogP contribution in [0.4, 0.5) is 0 Å². The summed E-state index contributed by atoms with van der Waals surface area (Å²) in [6.45, 7) is 5.79. The van der Waals surface area contributed by atoms with E-state index in [0.717, 1.165) is 19.5 Å². The van der Waals surface area contributed by atoms with Gasteiger partial charge in [0.25, 0.3) is 0 Å². The van der Waals surface area contributed by atoms with Crippen molar-refractivity contribution in [2.45, 2.75) is 44.8 Å². The Balaban J connectivity index is 1.80. The number of nitrogens with one attached hydrogen (secondary N) is 1. The van der Waals surface area contributed by atoms with Crippen LogP contribution in [-0.4, -0.2) is 41.8 Å². The smallest absolute Gasteiger partial charge is 0.0445 e. The van der Waals surface area contributed by atoms with E-state index in [4.69, 9.17) is 5.11 Å². The highest BCUT2D eigenvalue weighted by molar-refractivity contribution is 5.14. The highest BCUT2D eigenvalue weighted by Crippen LogP contribution is 2.14. The highest BCUT2D eigenvalue weighted by atomic mass is 16.3. The zero-order chi connectivity index (χ0) is 13.5. The molecule has 1 fully saturated rings. The zero-order valence-electron chi connectivity index (χ0n) is 11.9. The van der Waals surface area contributed by atoms with Gasteiger partial charge in [-0.1, -0.05) is 30.3 Å². The first-order valence-corrected chi connectivity index (χ1v) is 7.41. The molecule has 2 rings (SSSR count). The van der Waals surface area contributed by atoms with Crippen LogP contribution in [0.3, 0.4) is 0 Å². The fourth-order valence-electron chi connectivity index (χ4n) is 2.86. The normalized spacial score (nSPS) is 22.3. The van der Waals surface area contributed by atoms with E-state index in [1.54, 1.807) is 0 Å². The predicted molar refractivity (Wildman–Crippen MR) is 79.0 cm³/mol. The molecule has 106 valence electrons. The number of benzene rings is 1. The number of rotatable bonds is 6. The van der Waals surface area contributed by atoms with E-state index in [2.05, 4.69) is 47.5 Å². The maximum atomic E-state index is 8.96. The first kappa shape index (κ1) is 14.5. The zero-order valence-corrected chi connectivity index (χ0v) is 11.9. The lowest BCUT2D eigenvalue weighted by molar-refractivity contribution is 0.171. The van der Waals surface area contributed by atoms with Gasteiger partial charge in [-0.3, -0.25) is 4.90 Å². The van der Waals surface area contributed by atoms with Crippen molar-refractivity contribution in [2.24, 2.45) is 0 Å². The molecule has 1 aromatic carbocycles. The Morgan fingerprint density at radius 3 is 2.89 bits per heavy atom. The van der Waals surface area contributed by atoms with E-state index < -0.39 is 0 Å². The number of nitrogens with zero attached hydrogens (tertiary/aromatic N) is 1. The molecule has 2 atom stereocenters. The summed E-state index contributed by atoms with van der Waals surface area (Å²) in [5.74, 6) is 0. The van der Waals surface area contributed by atoms with Gasteiger partial charge in [-0.05, 0) is 38.3 Å². The van der Waals surface area contributed by atoms with Gasteiger partial charge in [0, 0.05) is 31.8 Å². The summed E-state index contributed by atoms with van der Waals surface area (Å²) in [6.07, 6.45) is 3.35. The van der Waals surface area contributed by atoms with E-state index in [-0.39, 0.29) is 6.61 Å². The monoisotopic (exact) mass is 262 g/mol. The Hall–Kier alpha value is -0.900. The number of likely N-dealkylation sites (tertiary alicyclic amines) is 1. The summed E-state index contributed by atoms with van der Waals surface area (Å²) in [7, 11) is 0. The second-order valence-electron chi connectivity index (χ2n) is 5.64. The summed E-state index contributed by atoms with van der Waals surface area (Å²) < 4.78 is 0. The van der Waals surface area contributed by atoms with Gasteiger partial charge in [0.1, 0.15) is 0 Å². The van der Waals surface area contributed by atoms with Gasteiger partial charge in [0.2, 0.25) is 0 Å². The summed E-state index contributed by atoms with van der Waals surface area (Å²) in [5, 5.41) is 12.6. The van der Waals surface area contributed by atoms with Crippen molar-refractivity contribution in [3.8, 4) is 0 Å². The lowest BCUT2D eigenvalue weighted by Gasteiger charge is -2.34. The summed E-state index contributed by atoms with van der Waals surface area (Å²) in [6, 6.07) is 11.7. The molecule has 3 nitrogen and oxygen atoms in total. The number of aliphatic hydroxyl groups is 1. The average Bonchev–Trinajstić information content (AvgIpc) is 2.40. The first-order chi connectivity index (χ1) is 9.28. The van der Waals surface area contributed by atoms with Gasteiger partial charge in [0.15, 0.2) is 0 Å². The molecular formula is C16H26N2O. The molecule has 1 heterocycles. The molecule has 1 aliphatic rings. The summed E-state index contributed by atoms with van der Waals surface area (Å²) >= 11 is 0. The van der Waals surface area contributed by atoms with Crippen LogP contribution in [0.25, 0.3) is 0 Å². The molecular weight excluding hydrogens is 236 g/mol. The van der Waals surface area contributed by atoms with Crippen molar-refractivity contribution in [1.29, 1.82) is 0 Å². The van der Waals surface area contributed by atoms with Crippen molar-refractivity contribution in [3.63, 3.8) is 0 Å². The number of hydrogen-bond acceptors (Lipinski definition) is 3. The molecule has 1 saturated heterocycles. The lowest BCUT2D eigenvalue weighted by atomic mass is 10.0. The average molecular weight is 262 g/mol. The van der Waals surface area contributed by atoms with E-state index in [0.29, 0.717) is 12.1 Å². The lowest BCUT2D eigenvalue weighted by Crippen LogP contribution is -2.48. The van der Waals surface area contributed by atoms with Crippen LogP contribution in [-0.2, 0) is 6.54 Å². The van der Waals surface area contributed by atoms with Crippen LogP contribution in [0.15, 0.2) is 30.3 Å². The Morgan fingerprint density at radius 1 is 1.37 bits per heavy atom. The second kappa shape index (κ2) is 7.63. The molecule has 0 amide bonds. The van der Waals surface area contributed by atoms with Crippen LogP contribution in [0.5, 0.6) is 0 Å². The van der Waals surface area contributed by atoms with Crippen LogP contribution in [0.2, 0.25) is 0 Å². The Kier molecular flexibility index (Phi) is 5.83. The van der Waals surface area contributed by atoms with Gasteiger partial charge in [0.05, 0.1) is 0 Å². The fourth-order valence-corrected chi connectivity index (χ4v) is 2.86. The van der Waals surface area contributed by atoms with Gasteiger partial charge >= 0.3 is 0 Å². The molecule has 0 spiro atoms. The molecule has 19 heavy (non-hydrogen) atoms. The molecule has 0 saturated carbocycles. The highest BCUT2D eigenvalue weighted by Gasteiger charge is 2.20. The second-order valence-corrected chi connectivity index (χ2v) is 5.64. The quantitative estimate of drug-likeness (QED) is 0.823. The maximum absolute atomic E-state index is 8.96. The van der Waals surface area contributed by atoms with Gasteiger partial charge in [-0.25, -0.2) is 0 Å². The molecule has 1 aromatic rings. The third-order valence-electron chi connectivity index (χ3n) is 3.84. The fraction of sp³-hybridized carbons (Fsp3) is 0.625. The topological polar surface area (TPSA) is 35.5 Å². The van der Waals surface area contributed by atoms with Crippen molar-refractivity contribution < 1.29 is 5.11 Å². The molecule has 0 aromatic heterocycles. The molecule has 0 aliphatic carbocycles. The largest absolute Gasteiger partial charge is 0.396 e. The van der Waals surface area contributed by atoms with E-state index in [9.17, 15) is 0 Å². The van der Waals surface area contributed by atoms with Crippen molar-refractivity contribution >= 4 is 0 Å². The van der Waals surface area contributed by atoms with Crippen molar-refractivity contribution in [1.82, 2.24) is 10.2 Å². The molecule has 1 aliphatic heterocycles. The third kappa shape index (κ3) is 4.94. The SMILES string of the molecule is CC(CCO)NC1CCCN(Cc2ccccc2)C1. The molecule has 2 unspecified atom stereocenters. The van der Waals surface area contributed by atoms with E-state index >= 15 is 0 Å². The minimum Gasteiger partial charge on any atom is -0.396 e. The summed E-state index contributed by atoms with van der Waals surface area (Å²) in [4.78, 5) is 2.53. The Bertz CT molecular complexity index is 355. The van der Waals surface area contributed by atoms with Crippen molar-refractivity contribution in [3.05, 3.63) is 35.9 Å². The summed E-state index contributed by atoms with van der Waals surface area (Å²) in [5.41, 5.74) is 1.39. The molecule has 0 bridgehead atoms. The molecule has 0 radical (unpaired) electrons. The molecule has 2 N–H and O–H groups in total. The van der Waals surface area contributed by atoms with Crippen LogP contribution >= 0.6 is 0 Å². The number of piperidine rings is 1. The van der Waals surface area contributed by atoms with E-state index in [1.165, 1.54) is 24.9 Å². The minimum absolute atomic E-state index is 0.272. The molecule has 3 heteroatoms. The Morgan fingerprint density at radius 2 is 2.16 bits per heavy atom. The maximum Gasteiger partial charge on any atom is 0.0445 e.